The van der Waals surface area contributed by atoms with Gasteiger partial charge in [-0.05, 0) is 39.7 Å². The zero-order valence-electron chi connectivity index (χ0n) is 8.93. The molecule has 1 heterocycles. The highest BCUT2D eigenvalue weighted by Crippen LogP contribution is 2.28. The van der Waals surface area contributed by atoms with Crippen LogP contribution in [0.5, 0.6) is 0 Å². The third-order valence-corrected chi connectivity index (χ3v) is 4.18. The van der Waals surface area contributed by atoms with Gasteiger partial charge in [0.05, 0.1) is 11.6 Å². The van der Waals surface area contributed by atoms with Crippen molar-refractivity contribution in [3.05, 3.63) is 58.2 Å². The monoisotopic (exact) mass is 304 g/mol. The molecule has 0 aliphatic rings. The number of halogens is 1. The van der Waals surface area contributed by atoms with Crippen molar-refractivity contribution in [3.63, 3.8) is 0 Å². The van der Waals surface area contributed by atoms with E-state index in [1.807, 2.05) is 36.4 Å². The van der Waals surface area contributed by atoms with Gasteiger partial charge in [-0.15, -0.1) is 11.8 Å². The van der Waals surface area contributed by atoms with Crippen molar-refractivity contribution in [2.45, 2.75) is 10.8 Å². The summed E-state index contributed by atoms with van der Waals surface area (Å²) < 4.78 is 0.986. The summed E-state index contributed by atoms with van der Waals surface area (Å²) in [5.74, 6) is 0.749. The van der Waals surface area contributed by atoms with Crippen molar-refractivity contribution >= 4 is 27.7 Å². The molecule has 0 aliphatic carbocycles. The van der Waals surface area contributed by atoms with E-state index >= 15 is 0 Å². The number of benzene rings is 1. The van der Waals surface area contributed by atoms with Crippen LogP contribution in [-0.2, 0) is 5.75 Å². The molecule has 4 heteroatoms. The number of nitrogens with zero attached hydrogens (tertiary/aromatic N) is 2. The third kappa shape index (κ3) is 3.09. The van der Waals surface area contributed by atoms with Gasteiger partial charge in [0.15, 0.2) is 0 Å². The fraction of sp³-hybridized carbons (Fsp3) is 0.0769. The van der Waals surface area contributed by atoms with Crippen LogP contribution in [0.25, 0.3) is 0 Å². The Morgan fingerprint density at radius 2 is 2.06 bits per heavy atom. The second-order valence-electron chi connectivity index (χ2n) is 3.35. The second kappa shape index (κ2) is 5.85. The molecule has 17 heavy (non-hydrogen) atoms. The molecule has 1 aromatic heterocycles. The molecule has 2 rings (SSSR count). The maximum Gasteiger partial charge on any atom is 0.110 e. The number of pyridine rings is 1. The summed E-state index contributed by atoms with van der Waals surface area (Å²) in [5, 5.41) is 9.93. The highest BCUT2D eigenvalue weighted by molar-refractivity contribution is 9.10. The van der Waals surface area contributed by atoms with E-state index in [1.54, 1.807) is 18.0 Å². The molecule has 0 bridgehead atoms. The lowest BCUT2D eigenvalue weighted by atomic mass is 10.1. The molecule has 0 spiro atoms. The van der Waals surface area contributed by atoms with Crippen molar-refractivity contribution in [3.8, 4) is 6.07 Å². The van der Waals surface area contributed by atoms with Gasteiger partial charge >= 0.3 is 0 Å². The standard InChI is InChI=1S/C13H9BrN2S/c14-12-6-3-7-16-13(12)17-9-11-5-2-1-4-10(11)8-15/h1-7H,9H2. The Morgan fingerprint density at radius 1 is 1.24 bits per heavy atom. The first-order valence-electron chi connectivity index (χ1n) is 5.02. The van der Waals surface area contributed by atoms with Gasteiger partial charge in [-0.3, -0.25) is 0 Å². The van der Waals surface area contributed by atoms with E-state index in [1.165, 1.54) is 0 Å². The predicted molar refractivity (Wildman–Crippen MR) is 72.7 cm³/mol. The molecule has 0 unspecified atom stereocenters. The molecular formula is C13H9BrN2S. The fourth-order valence-corrected chi connectivity index (χ4v) is 2.86. The van der Waals surface area contributed by atoms with Crippen LogP contribution in [0.3, 0.4) is 0 Å². The van der Waals surface area contributed by atoms with E-state index in [0.29, 0.717) is 0 Å². The summed E-state index contributed by atoms with van der Waals surface area (Å²) in [6.45, 7) is 0. The second-order valence-corrected chi connectivity index (χ2v) is 5.17. The number of thioether (sulfide) groups is 1. The zero-order chi connectivity index (χ0) is 12.1. The van der Waals surface area contributed by atoms with Crippen LogP contribution in [0.4, 0.5) is 0 Å². The smallest absolute Gasteiger partial charge is 0.110 e. The van der Waals surface area contributed by atoms with Gasteiger partial charge in [0.1, 0.15) is 5.03 Å². The molecular weight excluding hydrogens is 296 g/mol. The number of aromatic nitrogens is 1. The molecule has 0 radical (unpaired) electrons. The molecule has 2 aromatic rings. The van der Waals surface area contributed by atoms with Crippen molar-refractivity contribution in [2.24, 2.45) is 0 Å². The molecule has 0 amide bonds. The number of nitriles is 1. The first-order chi connectivity index (χ1) is 8.31. The molecule has 0 saturated heterocycles. The van der Waals surface area contributed by atoms with E-state index in [-0.39, 0.29) is 0 Å². The molecule has 0 aliphatic heterocycles. The van der Waals surface area contributed by atoms with Crippen molar-refractivity contribution in [2.75, 3.05) is 0 Å². The molecule has 0 fully saturated rings. The van der Waals surface area contributed by atoms with E-state index in [0.717, 1.165) is 26.4 Å². The lowest BCUT2D eigenvalue weighted by Gasteiger charge is -2.04. The van der Waals surface area contributed by atoms with Gasteiger partial charge < -0.3 is 0 Å². The van der Waals surface area contributed by atoms with Gasteiger partial charge in [0.2, 0.25) is 0 Å². The van der Waals surface area contributed by atoms with Crippen molar-refractivity contribution < 1.29 is 0 Å². The van der Waals surface area contributed by atoms with Gasteiger partial charge in [0, 0.05) is 16.4 Å². The molecule has 0 N–H and O–H groups in total. The van der Waals surface area contributed by atoms with Crippen LogP contribution in [0.15, 0.2) is 52.1 Å². The quantitative estimate of drug-likeness (QED) is 0.804. The maximum atomic E-state index is 8.99. The van der Waals surface area contributed by atoms with E-state index in [9.17, 15) is 0 Å². The Kier molecular flexibility index (Phi) is 4.18. The largest absolute Gasteiger partial charge is 0.249 e. The summed E-state index contributed by atoms with van der Waals surface area (Å²) in [5.41, 5.74) is 1.77. The molecule has 2 nitrogen and oxygen atoms in total. The zero-order valence-corrected chi connectivity index (χ0v) is 11.3. The Morgan fingerprint density at radius 3 is 2.82 bits per heavy atom. The van der Waals surface area contributed by atoms with Gasteiger partial charge in [-0.25, -0.2) is 4.98 Å². The minimum atomic E-state index is 0.729. The Bertz CT molecular complexity index is 563. The van der Waals surface area contributed by atoms with Crippen molar-refractivity contribution in [1.82, 2.24) is 4.98 Å². The average Bonchev–Trinajstić information content (AvgIpc) is 2.38. The Balaban J connectivity index is 2.13. The van der Waals surface area contributed by atoms with Crippen LogP contribution in [0.2, 0.25) is 0 Å². The number of hydrogen-bond donors (Lipinski definition) is 0. The van der Waals surface area contributed by atoms with E-state index in [2.05, 4.69) is 27.0 Å². The SMILES string of the molecule is N#Cc1ccccc1CSc1ncccc1Br. The van der Waals surface area contributed by atoms with Crippen LogP contribution in [0, 0.1) is 11.3 Å². The maximum absolute atomic E-state index is 8.99. The summed E-state index contributed by atoms with van der Waals surface area (Å²) in [4.78, 5) is 4.28. The minimum absolute atomic E-state index is 0.729. The van der Waals surface area contributed by atoms with E-state index in [4.69, 9.17) is 5.26 Å². The highest BCUT2D eigenvalue weighted by atomic mass is 79.9. The third-order valence-electron chi connectivity index (χ3n) is 2.23. The topological polar surface area (TPSA) is 36.7 Å². The Labute approximate surface area is 113 Å². The first kappa shape index (κ1) is 12.2. The van der Waals surface area contributed by atoms with E-state index < -0.39 is 0 Å². The van der Waals surface area contributed by atoms with Crippen molar-refractivity contribution in [1.29, 1.82) is 5.26 Å². The van der Waals surface area contributed by atoms with Crippen LogP contribution >= 0.6 is 27.7 Å². The summed E-state index contributed by atoms with van der Waals surface area (Å²) in [7, 11) is 0. The summed E-state index contributed by atoms with van der Waals surface area (Å²) in [6.07, 6.45) is 1.77. The lowest BCUT2D eigenvalue weighted by molar-refractivity contribution is 1.11. The Hall–Kier alpha value is -1.31. The fourth-order valence-electron chi connectivity index (χ4n) is 1.38. The molecule has 1 aromatic carbocycles. The molecule has 0 atom stereocenters. The number of hydrogen-bond acceptors (Lipinski definition) is 3. The summed E-state index contributed by atoms with van der Waals surface area (Å²) in [6, 6.07) is 13.7. The normalized spacial score (nSPS) is 9.88. The minimum Gasteiger partial charge on any atom is -0.249 e. The number of rotatable bonds is 3. The van der Waals surface area contributed by atoms with Crippen LogP contribution in [0.1, 0.15) is 11.1 Å². The van der Waals surface area contributed by atoms with Gasteiger partial charge in [0.25, 0.3) is 0 Å². The van der Waals surface area contributed by atoms with Crippen LogP contribution in [-0.4, -0.2) is 4.98 Å². The van der Waals surface area contributed by atoms with Crippen LogP contribution < -0.4 is 0 Å². The van der Waals surface area contributed by atoms with Gasteiger partial charge in [-0.2, -0.15) is 5.26 Å². The summed E-state index contributed by atoms with van der Waals surface area (Å²) >= 11 is 5.08. The molecule has 84 valence electrons. The predicted octanol–water partition coefficient (Wildman–Crippen LogP) is 4.01. The average molecular weight is 305 g/mol. The highest BCUT2D eigenvalue weighted by Gasteiger charge is 2.04. The first-order valence-corrected chi connectivity index (χ1v) is 6.80. The van der Waals surface area contributed by atoms with Gasteiger partial charge in [-0.1, -0.05) is 18.2 Å². The molecule has 0 saturated carbocycles. The lowest BCUT2D eigenvalue weighted by Crippen LogP contribution is -1.88.